The molecule has 2 atom stereocenters. The van der Waals surface area contributed by atoms with Gasteiger partial charge in [-0.25, -0.2) is 4.79 Å². The molecule has 1 fully saturated rings. The van der Waals surface area contributed by atoms with Gasteiger partial charge in [0.2, 0.25) is 0 Å². The molecular weight excluding hydrogens is 182 g/mol. The maximum Gasteiger partial charge on any atom is 0.332 e. The molecule has 2 unspecified atom stereocenters. The lowest BCUT2D eigenvalue weighted by Gasteiger charge is -2.29. The van der Waals surface area contributed by atoms with Gasteiger partial charge in [-0.1, -0.05) is 6.58 Å². The van der Waals surface area contributed by atoms with Gasteiger partial charge >= 0.3 is 5.97 Å². The van der Waals surface area contributed by atoms with Crippen LogP contribution in [0.3, 0.4) is 0 Å². The van der Waals surface area contributed by atoms with E-state index in [0.717, 1.165) is 13.0 Å². The molecule has 0 spiro atoms. The van der Waals surface area contributed by atoms with Gasteiger partial charge < -0.3 is 15.2 Å². The maximum atomic E-state index is 10.5. The molecule has 0 aliphatic carbocycles. The van der Waals surface area contributed by atoms with Crippen LogP contribution in [0.5, 0.6) is 0 Å². The summed E-state index contributed by atoms with van der Waals surface area (Å²) >= 11 is 0. The molecule has 0 aromatic rings. The zero-order valence-corrected chi connectivity index (χ0v) is 8.67. The molecule has 4 nitrogen and oxygen atoms in total. The first kappa shape index (κ1) is 11.2. The van der Waals surface area contributed by atoms with Crippen molar-refractivity contribution >= 4 is 5.97 Å². The summed E-state index contributed by atoms with van der Waals surface area (Å²) in [6.45, 7) is 8.53. The largest absolute Gasteiger partial charge is 0.478 e. The van der Waals surface area contributed by atoms with E-state index in [2.05, 4.69) is 11.9 Å². The summed E-state index contributed by atoms with van der Waals surface area (Å²) in [5.74, 6) is -0.951. The number of ether oxygens (including phenoxy) is 1. The molecule has 0 aromatic carbocycles. The fourth-order valence-corrected chi connectivity index (χ4v) is 1.45. The Morgan fingerprint density at radius 3 is 2.86 bits per heavy atom. The zero-order chi connectivity index (χ0) is 10.8. The van der Waals surface area contributed by atoms with Crippen molar-refractivity contribution < 1.29 is 14.6 Å². The summed E-state index contributed by atoms with van der Waals surface area (Å²) in [7, 11) is 0. The first-order valence-corrected chi connectivity index (χ1v) is 4.73. The van der Waals surface area contributed by atoms with Gasteiger partial charge in [-0.3, -0.25) is 0 Å². The average Bonchev–Trinajstić information content (AvgIpc) is 2.44. The zero-order valence-electron chi connectivity index (χ0n) is 8.67. The minimum absolute atomic E-state index is 0.115. The van der Waals surface area contributed by atoms with Crippen molar-refractivity contribution in [2.75, 3.05) is 13.2 Å². The van der Waals surface area contributed by atoms with Gasteiger partial charge in [0.25, 0.3) is 0 Å². The van der Waals surface area contributed by atoms with E-state index in [-0.39, 0.29) is 17.2 Å². The molecular formula is C10H17NO3. The molecule has 1 rings (SSSR count). The molecule has 0 saturated carbocycles. The molecule has 1 aliphatic rings. The van der Waals surface area contributed by atoms with Crippen molar-refractivity contribution in [2.24, 2.45) is 0 Å². The van der Waals surface area contributed by atoms with E-state index in [0.29, 0.717) is 6.54 Å². The summed E-state index contributed by atoms with van der Waals surface area (Å²) in [5.41, 5.74) is 0.0589. The van der Waals surface area contributed by atoms with E-state index in [1.54, 1.807) is 0 Å². The second-order valence-corrected chi connectivity index (χ2v) is 3.94. The Morgan fingerprint density at radius 1 is 1.79 bits per heavy atom. The third-order valence-electron chi connectivity index (χ3n) is 2.89. The SMILES string of the molecule is C=C(CNC1(C)CCOC1C)C(=O)O. The number of carbonyl (C=O) groups is 1. The van der Waals surface area contributed by atoms with Crippen LogP contribution < -0.4 is 5.32 Å². The minimum atomic E-state index is -0.951. The third-order valence-corrected chi connectivity index (χ3v) is 2.89. The van der Waals surface area contributed by atoms with Crippen molar-refractivity contribution in [3.63, 3.8) is 0 Å². The lowest BCUT2D eigenvalue weighted by atomic mass is 9.94. The van der Waals surface area contributed by atoms with Crippen molar-refractivity contribution in [2.45, 2.75) is 31.9 Å². The van der Waals surface area contributed by atoms with Crippen LogP contribution in [0.4, 0.5) is 0 Å². The monoisotopic (exact) mass is 199 g/mol. The van der Waals surface area contributed by atoms with E-state index < -0.39 is 5.97 Å². The van der Waals surface area contributed by atoms with Gasteiger partial charge in [-0.2, -0.15) is 0 Å². The fraction of sp³-hybridized carbons (Fsp3) is 0.700. The predicted octanol–water partition coefficient (Wildman–Crippen LogP) is 0.784. The highest BCUT2D eigenvalue weighted by Crippen LogP contribution is 2.24. The summed E-state index contributed by atoms with van der Waals surface area (Å²) in [4.78, 5) is 10.5. The molecule has 0 aromatic heterocycles. The molecule has 1 aliphatic heterocycles. The Hall–Kier alpha value is -0.870. The smallest absolute Gasteiger partial charge is 0.332 e. The number of aliphatic carboxylic acids is 1. The van der Waals surface area contributed by atoms with Crippen LogP contribution >= 0.6 is 0 Å². The molecule has 0 bridgehead atoms. The topological polar surface area (TPSA) is 58.6 Å². The van der Waals surface area contributed by atoms with E-state index in [1.807, 2.05) is 13.8 Å². The van der Waals surface area contributed by atoms with Crippen LogP contribution in [-0.2, 0) is 9.53 Å². The molecule has 2 N–H and O–H groups in total. The van der Waals surface area contributed by atoms with Crippen LogP contribution in [0.2, 0.25) is 0 Å². The third kappa shape index (κ3) is 2.33. The first-order valence-electron chi connectivity index (χ1n) is 4.73. The Morgan fingerprint density at radius 2 is 2.43 bits per heavy atom. The standard InChI is InChI=1S/C10H17NO3/c1-7(9(12)13)6-11-10(3)4-5-14-8(10)2/h8,11H,1,4-6H2,2-3H3,(H,12,13). The molecule has 80 valence electrons. The Balaban J connectivity index is 2.44. The van der Waals surface area contributed by atoms with Crippen LogP contribution in [0, 0.1) is 0 Å². The highest BCUT2D eigenvalue weighted by atomic mass is 16.5. The van der Waals surface area contributed by atoms with Crippen LogP contribution in [0.15, 0.2) is 12.2 Å². The summed E-state index contributed by atoms with van der Waals surface area (Å²) in [5, 5.41) is 11.8. The molecule has 0 amide bonds. The van der Waals surface area contributed by atoms with Gasteiger partial charge in [-0.15, -0.1) is 0 Å². The first-order chi connectivity index (χ1) is 6.46. The molecule has 4 heteroatoms. The normalized spacial score (nSPS) is 31.7. The second kappa shape index (κ2) is 4.11. The molecule has 1 heterocycles. The number of carboxylic acids is 1. The highest BCUT2D eigenvalue weighted by molar-refractivity contribution is 5.86. The fourth-order valence-electron chi connectivity index (χ4n) is 1.45. The minimum Gasteiger partial charge on any atom is -0.478 e. The van der Waals surface area contributed by atoms with Crippen molar-refractivity contribution in [1.82, 2.24) is 5.32 Å². The number of hydrogen-bond donors (Lipinski definition) is 2. The Kier molecular flexibility index (Phi) is 3.29. The lowest BCUT2D eigenvalue weighted by molar-refractivity contribution is -0.132. The van der Waals surface area contributed by atoms with Crippen molar-refractivity contribution in [1.29, 1.82) is 0 Å². The number of rotatable bonds is 4. The quantitative estimate of drug-likeness (QED) is 0.657. The summed E-state index contributed by atoms with van der Waals surface area (Å²) in [6.07, 6.45) is 1.02. The van der Waals surface area contributed by atoms with Crippen molar-refractivity contribution in [3.05, 3.63) is 12.2 Å². The maximum absolute atomic E-state index is 10.5. The van der Waals surface area contributed by atoms with Gasteiger partial charge in [0, 0.05) is 24.3 Å². The summed E-state index contributed by atoms with van der Waals surface area (Å²) < 4.78 is 5.42. The number of hydrogen-bond acceptors (Lipinski definition) is 3. The van der Waals surface area contributed by atoms with E-state index >= 15 is 0 Å². The van der Waals surface area contributed by atoms with Gasteiger partial charge in [-0.05, 0) is 20.3 Å². The number of carboxylic acid groups (broad SMARTS) is 1. The van der Waals surface area contributed by atoms with Crippen LogP contribution in [-0.4, -0.2) is 35.9 Å². The van der Waals surface area contributed by atoms with Crippen LogP contribution in [0.1, 0.15) is 20.3 Å². The van der Waals surface area contributed by atoms with E-state index in [4.69, 9.17) is 9.84 Å². The Labute approximate surface area is 83.9 Å². The lowest BCUT2D eigenvalue weighted by Crippen LogP contribution is -2.48. The van der Waals surface area contributed by atoms with E-state index in [1.165, 1.54) is 0 Å². The molecule has 1 saturated heterocycles. The van der Waals surface area contributed by atoms with Gasteiger partial charge in [0.1, 0.15) is 0 Å². The average molecular weight is 199 g/mol. The molecule has 14 heavy (non-hydrogen) atoms. The van der Waals surface area contributed by atoms with E-state index in [9.17, 15) is 4.79 Å². The Bertz CT molecular complexity index is 252. The number of nitrogens with one attached hydrogen (secondary N) is 1. The van der Waals surface area contributed by atoms with Crippen LogP contribution in [0.25, 0.3) is 0 Å². The second-order valence-electron chi connectivity index (χ2n) is 3.94. The molecule has 0 radical (unpaired) electrons. The van der Waals surface area contributed by atoms with Gasteiger partial charge in [0.05, 0.1) is 6.10 Å². The predicted molar refractivity (Wildman–Crippen MR) is 53.2 cm³/mol. The van der Waals surface area contributed by atoms with Gasteiger partial charge in [0.15, 0.2) is 0 Å². The highest BCUT2D eigenvalue weighted by Gasteiger charge is 2.36. The summed E-state index contributed by atoms with van der Waals surface area (Å²) in [6, 6.07) is 0. The van der Waals surface area contributed by atoms with Crippen molar-refractivity contribution in [3.8, 4) is 0 Å².